The third-order valence-corrected chi connectivity index (χ3v) is 1.35. The minimum absolute atomic E-state index is 0.0324. The maximum absolute atomic E-state index is 10.9. The monoisotopic (exact) mass is 166 g/mol. The first-order chi connectivity index (χ1) is 5.63. The van der Waals surface area contributed by atoms with Crippen LogP contribution >= 0.6 is 0 Å². The Balaban J connectivity index is 3.11. The lowest BCUT2D eigenvalue weighted by atomic mass is 10.1. The van der Waals surface area contributed by atoms with Crippen molar-refractivity contribution in [2.45, 2.75) is 6.92 Å². The van der Waals surface area contributed by atoms with E-state index in [-0.39, 0.29) is 5.56 Å². The Morgan fingerprint density at radius 2 is 2.17 bits per heavy atom. The van der Waals surface area contributed by atoms with Gasteiger partial charge in [-0.2, -0.15) is 0 Å². The quantitative estimate of drug-likeness (QED) is 0.496. The number of rotatable bonds is 2. The van der Waals surface area contributed by atoms with Gasteiger partial charge in [0.2, 0.25) is 0 Å². The second-order valence-corrected chi connectivity index (χ2v) is 2.16. The number of hydrogen-bond acceptors (Lipinski definition) is 4. The van der Waals surface area contributed by atoms with Crippen LogP contribution in [-0.2, 0) is 4.79 Å². The fourth-order valence-electron chi connectivity index (χ4n) is 0.729. The van der Waals surface area contributed by atoms with E-state index in [1.807, 2.05) is 0 Å². The number of aryl methyl sites for hydroxylation is 1. The summed E-state index contributed by atoms with van der Waals surface area (Å²) in [5, 5.41) is 8.35. The molecule has 1 aromatic rings. The number of aliphatic carboxylic acids is 1. The molecule has 0 aliphatic heterocycles. The van der Waals surface area contributed by atoms with E-state index in [0.717, 1.165) is 0 Å². The van der Waals surface area contributed by atoms with Gasteiger partial charge in [-0.15, -0.1) is 0 Å². The van der Waals surface area contributed by atoms with Crippen molar-refractivity contribution >= 4 is 11.8 Å². The van der Waals surface area contributed by atoms with Gasteiger partial charge in [0, 0.05) is 6.20 Å². The van der Waals surface area contributed by atoms with Crippen LogP contribution in [0.2, 0.25) is 0 Å². The number of hydrogen-bond donors (Lipinski definition) is 1. The predicted octanol–water partition coefficient (Wildman–Crippen LogP) is 0.0523. The maximum Gasteiger partial charge on any atom is 0.377 e. The van der Waals surface area contributed by atoms with Crippen LogP contribution < -0.4 is 0 Å². The summed E-state index contributed by atoms with van der Waals surface area (Å²) in [7, 11) is 0. The Morgan fingerprint density at radius 3 is 2.67 bits per heavy atom. The third-order valence-electron chi connectivity index (χ3n) is 1.35. The average Bonchev–Trinajstić information content (AvgIpc) is 2.04. The summed E-state index contributed by atoms with van der Waals surface area (Å²) in [6.45, 7) is 1.55. The highest BCUT2D eigenvalue weighted by molar-refractivity contribution is 6.40. The Kier molecular flexibility index (Phi) is 2.14. The minimum Gasteiger partial charge on any atom is -0.475 e. The van der Waals surface area contributed by atoms with Gasteiger partial charge in [0.05, 0.1) is 11.3 Å². The molecular formula is C7H6N2O3. The Hall–Kier alpha value is -1.78. The van der Waals surface area contributed by atoms with Crippen LogP contribution in [0.1, 0.15) is 16.1 Å². The zero-order valence-electron chi connectivity index (χ0n) is 6.31. The first-order valence-electron chi connectivity index (χ1n) is 3.17. The molecule has 12 heavy (non-hydrogen) atoms. The number of aromatic nitrogens is 2. The van der Waals surface area contributed by atoms with Crippen molar-refractivity contribution in [3.05, 3.63) is 23.8 Å². The van der Waals surface area contributed by atoms with E-state index < -0.39 is 11.8 Å². The molecule has 62 valence electrons. The zero-order chi connectivity index (χ0) is 9.14. The van der Waals surface area contributed by atoms with Crippen molar-refractivity contribution in [1.82, 2.24) is 9.97 Å². The first-order valence-corrected chi connectivity index (χ1v) is 3.17. The van der Waals surface area contributed by atoms with Gasteiger partial charge in [-0.25, -0.2) is 14.8 Å². The van der Waals surface area contributed by atoms with Gasteiger partial charge in [-0.1, -0.05) is 0 Å². The van der Waals surface area contributed by atoms with Crippen molar-refractivity contribution in [2.75, 3.05) is 0 Å². The highest BCUT2D eigenvalue weighted by Crippen LogP contribution is 2.02. The predicted molar refractivity (Wildman–Crippen MR) is 38.7 cm³/mol. The number of carboxylic acids is 1. The number of nitrogens with zero attached hydrogens (tertiary/aromatic N) is 2. The van der Waals surface area contributed by atoms with Crippen molar-refractivity contribution in [3.8, 4) is 0 Å². The zero-order valence-corrected chi connectivity index (χ0v) is 6.31. The number of carbonyl (C=O) groups excluding carboxylic acids is 1. The standard InChI is InChI=1S/C7H6N2O3/c1-4-5(2-8-3-9-4)6(10)7(11)12/h2-3H,1H3,(H,11,12). The van der Waals surface area contributed by atoms with E-state index in [4.69, 9.17) is 5.11 Å². The summed E-state index contributed by atoms with van der Waals surface area (Å²) in [6, 6.07) is 0. The second kappa shape index (κ2) is 3.08. The minimum atomic E-state index is -1.49. The van der Waals surface area contributed by atoms with E-state index >= 15 is 0 Å². The van der Waals surface area contributed by atoms with Crippen LogP contribution in [0.25, 0.3) is 0 Å². The average molecular weight is 166 g/mol. The van der Waals surface area contributed by atoms with E-state index in [0.29, 0.717) is 5.69 Å². The van der Waals surface area contributed by atoms with Crippen molar-refractivity contribution in [3.63, 3.8) is 0 Å². The molecule has 5 heteroatoms. The van der Waals surface area contributed by atoms with Gasteiger partial charge < -0.3 is 5.11 Å². The molecule has 5 nitrogen and oxygen atoms in total. The van der Waals surface area contributed by atoms with Crippen LogP contribution in [0.5, 0.6) is 0 Å². The lowest BCUT2D eigenvalue weighted by molar-refractivity contribution is -0.131. The summed E-state index contributed by atoms with van der Waals surface area (Å²) >= 11 is 0. The molecule has 1 aromatic heterocycles. The van der Waals surface area contributed by atoms with Crippen LogP contribution in [0, 0.1) is 6.92 Å². The summed E-state index contributed by atoms with van der Waals surface area (Å²) < 4.78 is 0. The van der Waals surface area contributed by atoms with Gasteiger partial charge in [-0.3, -0.25) is 4.79 Å². The molecule has 0 bridgehead atoms. The van der Waals surface area contributed by atoms with Gasteiger partial charge in [0.15, 0.2) is 0 Å². The van der Waals surface area contributed by atoms with Gasteiger partial charge in [0.1, 0.15) is 6.33 Å². The summed E-state index contributed by atoms with van der Waals surface area (Å²) in [4.78, 5) is 28.4. The van der Waals surface area contributed by atoms with Crippen LogP contribution in [0.4, 0.5) is 0 Å². The summed E-state index contributed by atoms with van der Waals surface area (Å²) in [5.74, 6) is -2.47. The molecule has 0 aliphatic rings. The van der Waals surface area contributed by atoms with E-state index in [1.165, 1.54) is 12.5 Å². The smallest absolute Gasteiger partial charge is 0.377 e. The second-order valence-electron chi connectivity index (χ2n) is 2.16. The molecule has 0 radical (unpaired) electrons. The van der Waals surface area contributed by atoms with Crippen LogP contribution in [0.15, 0.2) is 12.5 Å². The molecule has 0 unspecified atom stereocenters. The van der Waals surface area contributed by atoms with Gasteiger partial charge in [0.25, 0.3) is 5.78 Å². The lowest BCUT2D eigenvalue weighted by Gasteiger charge is -1.97. The number of Topliss-reactive ketones (excluding diaryl/α,β-unsaturated/α-hetero) is 1. The molecule has 0 aliphatic carbocycles. The largest absolute Gasteiger partial charge is 0.475 e. The van der Waals surface area contributed by atoms with E-state index in [9.17, 15) is 9.59 Å². The van der Waals surface area contributed by atoms with Gasteiger partial charge >= 0.3 is 5.97 Å². The van der Waals surface area contributed by atoms with Crippen LogP contribution in [0.3, 0.4) is 0 Å². The Labute approximate surface area is 68.1 Å². The molecule has 0 amide bonds. The van der Waals surface area contributed by atoms with Crippen molar-refractivity contribution in [2.24, 2.45) is 0 Å². The fraction of sp³-hybridized carbons (Fsp3) is 0.143. The number of ketones is 1. The van der Waals surface area contributed by atoms with Crippen molar-refractivity contribution in [1.29, 1.82) is 0 Å². The third kappa shape index (κ3) is 1.45. The molecule has 1 rings (SSSR count). The Bertz CT molecular complexity index is 335. The SMILES string of the molecule is Cc1ncncc1C(=O)C(=O)O. The molecule has 0 atom stereocenters. The highest BCUT2D eigenvalue weighted by atomic mass is 16.4. The van der Waals surface area contributed by atoms with E-state index in [2.05, 4.69) is 9.97 Å². The number of carboxylic acid groups (broad SMARTS) is 1. The highest BCUT2D eigenvalue weighted by Gasteiger charge is 2.17. The molecular weight excluding hydrogens is 160 g/mol. The molecule has 1 heterocycles. The fourth-order valence-corrected chi connectivity index (χ4v) is 0.729. The van der Waals surface area contributed by atoms with E-state index in [1.54, 1.807) is 6.92 Å². The van der Waals surface area contributed by atoms with Gasteiger partial charge in [-0.05, 0) is 6.92 Å². The molecule has 0 fully saturated rings. The normalized spacial score (nSPS) is 9.42. The summed E-state index contributed by atoms with van der Waals surface area (Å²) in [6.07, 6.45) is 2.45. The Morgan fingerprint density at radius 1 is 1.50 bits per heavy atom. The first kappa shape index (κ1) is 8.32. The lowest BCUT2D eigenvalue weighted by Crippen LogP contribution is -2.14. The van der Waals surface area contributed by atoms with Crippen LogP contribution in [-0.4, -0.2) is 26.8 Å². The molecule has 0 saturated heterocycles. The topological polar surface area (TPSA) is 80.2 Å². The molecule has 0 saturated carbocycles. The van der Waals surface area contributed by atoms with Crippen molar-refractivity contribution < 1.29 is 14.7 Å². The molecule has 1 N–H and O–H groups in total. The summed E-state index contributed by atoms with van der Waals surface area (Å²) in [5.41, 5.74) is 0.405. The molecule has 0 spiro atoms. The molecule has 0 aromatic carbocycles. The maximum atomic E-state index is 10.9. The number of carbonyl (C=O) groups is 2.